The quantitative estimate of drug-likeness (QED) is 0.698. The van der Waals surface area contributed by atoms with Gasteiger partial charge < -0.3 is 14.8 Å². The highest BCUT2D eigenvalue weighted by molar-refractivity contribution is 5.77. The molecule has 0 bridgehead atoms. The second kappa shape index (κ2) is 9.02. The average molecular weight is 359 g/mol. The first-order valence-electron chi connectivity index (χ1n) is 8.30. The fraction of sp³-hybridized carbons (Fsp3) is 0.0952. The van der Waals surface area contributed by atoms with Gasteiger partial charge >= 0.3 is 0 Å². The maximum absolute atomic E-state index is 11.9. The van der Waals surface area contributed by atoms with Gasteiger partial charge in [-0.15, -0.1) is 0 Å². The molecule has 0 spiro atoms. The number of aromatic nitrogens is 1. The number of nitrogens with one attached hydrogen (secondary N) is 1. The molecule has 0 fully saturated rings. The Hall–Kier alpha value is -3.85. The minimum atomic E-state index is -0.244. The number of benzene rings is 2. The molecule has 0 radical (unpaired) electrons. The Bertz CT molecular complexity index is 935. The topological polar surface area (TPSA) is 84.2 Å². The fourth-order valence-electron chi connectivity index (χ4n) is 2.28. The molecular formula is C21H17N3O3. The summed E-state index contributed by atoms with van der Waals surface area (Å²) in [5, 5.41) is 11.6. The van der Waals surface area contributed by atoms with E-state index in [1.54, 1.807) is 54.7 Å². The van der Waals surface area contributed by atoms with Crippen molar-refractivity contribution in [1.29, 1.82) is 5.26 Å². The van der Waals surface area contributed by atoms with Crippen molar-refractivity contribution in [2.45, 2.75) is 6.54 Å². The third-order valence-electron chi connectivity index (χ3n) is 3.60. The van der Waals surface area contributed by atoms with Gasteiger partial charge in [0.2, 0.25) is 5.88 Å². The third-order valence-corrected chi connectivity index (χ3v) is 3.60. The van der Waals surface area contributed by atoms with Crippen molar-refractivity contribution in [3.8, 4) is 23.4 Å². The van der Waals surface area contributed by atoms with Gasteiger partial charge in [0.05, 0.1) is 11.6 Å². The van der Waals surface area contributed by atoms with Crippen molar-refractivity contribution in [1.82, 2.24) is 10.3 Å². The highest BCUT2D eigenvalue weighted by Gasteiger charge is 2.04. The molecule has 0 atom stereocenters. The molecular weight excluding hydrogens is 342 g/mol. The van der Waals surface area contributed by atoms with E-state index in [1.165, 1.54) is 0 Å². The zero-order valence-electron chi connectivity index (χ0n) is 14.5. The summed E-state index contributed by atoms with van der Waals surface area (Å²) in [5.74, 6) is 1.45. The van der Waals surface area contributed by atoms with Crippen molar-refractivity contribution in [2.75, 3.05) is 6.61 Å². The number of pyridine rings is 1. The first kappa shape index (κ1) is 18.0. The van der Waals surface area contributed by atoms with E-state index >= 15 is 0 Å². The van der Waals surface area contributed by atoms with Crippen LogP contribution in [0.5, 0.6) is 17.4 Å². The minimum Gasteiger partial charge on any atom is -0.484 e. The number of rotatable bonds is 7. The van der Waals surface area contributed by atoms with Crippen LogP contribution in [0.3, 0.4) is 0 Å². The summed E-state index contributed by atoms with van der Waals surface area (Å²) in [4.78, 5) is 16.0. The van der Waals surface area contributed by atoms with Crippen molar-refractivity contribution in [2.24, 2.45) is 0 Å². The number of nitriles is 1. The SMILES string of the molecule is N#Cc1cccc(CNC(=O)COc2ccc(Oc3ccccn3)cc2)c1. The standard InChI is InChI=1S/C21H17N3O3/c22-13-16-4-3-5-17(12-16)14-24-20(25)15-26-18-7-9-19(10-8-18)27-21-6-1-2-11-23-21/h1-12H,14-15H2,(H,24,25). The molecule has 3 aromatic rings. The van der Waals surface area contributed by atoms with E-state index in [-0.39, 0.29) is 12.5 Å². The summed E-state index contributed by atoms with van der Waals surface area (Å²) in [6.45, 7) is 0.243. The predicted molar refractivity (Wildman–Crippen MR) is 99.3 cm³/mol. The first-order chi connectivity index (χ1) is 13.2. The highest BCUT2D eigenvalue weighted by Crippen LogP contribution is 2.22. The molecule has 6 nitrogen and oxygen atoms in total. The molecule has 6 heteroatoms. The molecule has 1 amide bonds. The molecule has 1 heterocycles. The Labute approximate surface area is 157 Å². The van der Waals surface area contributed by atoms with Gasteiger partial charge in [0.1, 0.15) is 11.5 Å². The summed E-state index contributed by atoms with van der Waals surface area (Å²) in [6, 6.07) is 21.5. The van der Waals surface area contributed by atoms with Crippen LogP contribution < -0.4 is 14.8 Å². The van der Waals surface area contributed by atoms with Crippen LogP contribution >= 0.6 is 0 Å². The Morgan fingerprint density at radius 2 is 1.85 bits per heavy atom. The molecule has 3 rings (SSSR count). The van der Waals surface area contributed by atoms with Crippen LogP contribution in [-0.4, -0.2) is 17.5 Å². The first-order valence-corrected chi connectivity index (χ1v) is 8.30. The number of amides is 1. The summed E-state index contributed by atoms with van der Waals surface area (Å²) < 4.78 is 11.1. The number of hydrogen-bond donors (Lipinski definition) is 1. The largest absolute Gasteiger partial charge is 0.484 e. The highest BCUT2D eigenvalue weighted by atomic mass is 16.5. The lowest BCUT2D eigenvalue weighted by molar-refractivity contribution is -0.123. The average Bonchev–Trinajstić information content (AvgIpc) is 2.72. The third kappa shape index (κ3) is 5.58. The smallest absolute Gasteiger partial charge is 0.258 e. The van der Waals surface area contributed by atoms with Crippen LogP contribution in [0.2, 0.25) is 0 Å². The lowest BCUT2D eigenvalue weighted by Gasteiger charge is -2.09. The van der Waals surface area contributed by atoms with Gasteiger partial charge in [-0.05, 0) is 48.0 Å². The van der Waals surface area contributed by atoms with E-state index < -0.39 is 0 Å². The molecule has 1 aromatic heterocycles. The van der Waals surface area contributed by atoms with Gasteiger partial charge in [-0.1, -0.05) is 18.2 Å². The van der Waals surface area contributed by atoms with E-state index in [2.05, 4.69) is 16.4 Å². The summed E-state index contributed by atoms with van der Waals surface area (Å²) >= 11 is 0. The summed E-state index contributed by atoms with van der Waals surface area (Å²) in [6.07, 6.45) is 1.65. The zero-order chi connectivity index (χ0) is 18.9. The van der Waals surface area contributed by atoms with Crippen molar-refractivity contribution < 1.29 is 14.3 Å². The van der Waals surface area contributed by atoms with Crippen molar-refractivity contribution in [3.63, 3.8) is 0 Å². The normalized spacial score (nSPS) is 9.89. The number of nitrogens with zero attached hydrogens (tertiary/aromatic N) is 2. The predicted octanol–water partition coefficient (Wildman–Crippen LogP) is 3.44. The molecule has 2 aromatic carbocycles. The van der Waals surface area contributed by atoms with Crippen LogP contribution in [0.25, 0.3) is 0 Å². The number of ether oxygens (including phenoxy) is 2. The number of hydrogen-bond acceptors (Lipinski definition) is 5. The van der Waals surface area contributed by atoms with E-state index in [4.69, 9.17) is 14.7 Å². The van der Waals surface area contributed by atoms with Gasteiger partial charge in [-0.3, -0.25) is 4.79 Å². The van der Waals surface area contributed by atoms with Crippen LogP contribution in [0.1, 0.15) is 11.1 Å². The van der Waals surface area contributed by atoms with Gasteiger partial charge in [-0.25, -0.2) is 4.98 Å². The zero-order valence-corrected chi connectivity index (χ0v) is 14.5. The lowest BCUT2D eigenvalue weighted by atomic mass is 10.1. The molecule has 0 aliphatic rings. The Kier molecular flexibility index (Phi) is 6.00. The fourth-order valence-corrected chi connectivity index (χ4v) is 2.28. The minimum absolute atomic E-state index is 0.0988. The van der Waals surface area contributed by atoms with Crippen molar-refractivity contribution >= 4 is 5.91 Å². The molecule has 27 heavy (non-hydrogen) atoms. The second-order valence-electron chi connectivity index (χ2n) is 5.62. The van der Waals surface area contributed by atoms with E-state index in [9.17, 15) is 4.79 Å². The molecule has 0 aliphatic carbocycles. The van der Waals surface area contributed by atoms with Crippen LogP contribution in [0.4, 0.5) is 0 Å². The van der Waals surface area contributed by atoms with Gasteiger partial charge in [-0.2, -0.15) is 5.26 Å². The monoisotopic (exact) mass is 359 g/mol. The van der Waals surface area contributed by atoms with Gasteiger partial charge in [0.15, 0.2) is 6.61 Å². The van der Waals surface area contributed by atoms with Crippen LogP contribution in [-0.2, 0) is 11.3 Å². The van der Waals surface area contributed by atoms with Crippen molar-refractivity contribution in [3.05, 3.63) is 84.1 Å². The Balaban J connectivity index is 1.45. The molecule has 0 saturated carbocycles. The Morgan fingerprint density at radius 3 is 2.59 bits per heavy atom. The lowest BCUT2D eigenvalue weighted by Crippen LogP contribution is -2.28. The Morgan fingerprint density at radius 1 is 1.04 bits per heavy atom. The van der Waals surface area contributed by atoms with Gasteiger partial charge in [0, 0.05) is 18.8 Å². The summed E-state index contributed by atoms with van der Waals surface area (Å²) in [7, 11) is 0. The van der Waals surface area contributed by atoms with E-state index in [0.29, 0.717) is 29.5 Å². The molecule has 134 valence electrons. The number of carbonyl (C=O) groups is 1. The number of carbonyl (C=O) groups excluding carboxylic acids is 1. The maximum Gasteiger partial charge on any atom is 0.258 e. The second-order valence-corrected chi connectivity index (χ2v) is 5.62. The van der Waals surface area contributed by atoms with Crippen LogP contribution in [0, 0.1) is 11.3 Å². The molecule has 0 unspecified atom stereocenters. The maximum atomic E-state index is 11.9. The molecule has 0 saturated heterocycles. The van der Waals surface area contributed by atoms with Crippen LogP contribution in [0.15, 0.2) is 72.9 Å². The van der Waals surface area contributed by atoms with E-state index in [1.807, 2.05) is 18.2 Å². The van der Waals surface area contributed by atoms with E-state index in [0.717, 1.165) is 5.56 Å². The summed E-state index contributed by atoms with van der Waals surface area (Å²) in [5.41, 5.74) is 1.42. The molecule has 1 N–H and O–H groups in total. The van der Waals surface area contributed by atoms with Gasteiger partial charge in [0.25, 0.3) is 5.91 Å². The molecule has 0 aliphatic heterocycles.